The maximum Gasteiger partial charge on any atom is 0.263 e. The van der Waals surface area contributed by atoms with Gasteiger partial charge in [0.05, 0.1) is 4.91 Å². The van der Waals surface area contributed by atoms with E-state index in [1.54, 1.807) is 0 Å². The predicted molar refractivity (Wildman–Crippen MR) is 104 cm³/mol. The van der Waals surface area contributed by atoms with E-state index >= 15 is 0 Å². The number of thiocarbonyl (C=S) groups is 1. The zero-order chi connectivity index (χ0) is 16.5. The van der Waals surface area contributed by atoms with Crippen LogP contribution >= 0.6 is 24.0 Å². The van der Waals surface area contributed by atoms with Gasteiger partial charge in [0.2, 0.25) is 0 Å². The Morgan fingerprint density at radius 3 is 2.58 bits per heavy atom. The van der Waals surface area contributed by atoms with Crippen LogP contribution in [0.1, 0.15) is 11.1 Å². The first-order valence-corrected chi connectivity index (χ1v) is 8.80. The van der Waals surface area contributed by atoms with Gasteiger partial charge in [0.25, 0.3) is 5.91 Å². The molecule has 0 spiro atoms. The number of aromatic nitrogens is 1. The highest BCUT2D eigenvalue weighted by Gasteiger charge is 2.22. The minimum atomic E-state index is -0.120. The first-order valence-electron chi connectivity index (χ1n) is 7.57. The Morgan fingerprint density at radius 1 is 1.08 bits per heavy atom. The number of nitrogens with zero attached hydrogens (tertiary/aromatic N) is 1. The van der Waals surface area contributed by atoms with E-state index in [2.05, 4.69) is 40.3 Å². The first-order chi connectivity index (χ1) is 11.7. The Morgan fingerprint density at radius 2 is 1.83 bits per heavy atom. The number of nitrogens with one attached hydrogen (secondary N) is 1. The number of hydrogen-bond donors (Lipinski definition) is 1. The molecule has 1 N–H and O–H groups in total. The average molecular weight is 350 g/mol. The minimum absolute atomic E-state index is 0.120. The van der Waals surface area contributed by atoms with Crippen molar-refractivity contribution in [2.45, 2.75) is 6.54 Å². The summed E-state index contributed by atoms with van der Waals surface area (Å²) in [7, 11) is 0. The number of thioether (sulfide) groups is 1. The van der Waals surface area contributed by atoms with Crippen molar-refractivity contribution in [1.82, 2.24) is 9.88 Å². The third-order valence-corrected chi connectivity index (χ3v) is 5.11. The van der Waals surface area contributed by atoms with Crippen molar-refractivity contribution in [3.8, 4) is 0 Å². The molecule has 1 fully saturated rings. The van der Waals surface area contributed by atoms with Gasteiger partial charge in [0.15, 0.2) is 0 Å². The number of rotatable bonds is 3. The molecule has 0 aliphatic carbocycles. The number of para-hydroxylation sites is 1. The standard InChI is InChI=1S/C19H14N2OS2/c22-18-17(24-19(23)20-18)10-14-12-21(11-13-6-2-1-3-7-13)16-9-5-4-8-15(14)16/h1-10,12H,11H2,(H,20,22,23). The van der Waals surface area contributed by atoms with Gasteiger partial charge >= 0.3 is 0 Å². The van der Waals surface area contributed by atoms with Crippen LogP contribution in [-0.2, 0) is 11.3 Å². The van der Waals surface area contributed by atoms with Gasteiger partial charge in [0.1, 0.15) is 4.32 Å². The van der Waals surface area contributed by atoms with E-state index in [1.807, 2.05) is 36.4 Å². The normalized spacial score (nSPS) is 16.1. The lowest BCUT2D eigenvalue weighted by atomic mass is 10.1. The molecule has 2 heterocycles. The monoisotopic (exact) mass is 350 g/mol. The van der Waals surface area contributed by atoms with E-state index in [1.165, 1.54) is 17.3 Å². The molecule has 3 aromatic rings. The van der Waals surface area contributed by atoms with Crippen LogP contribution in [0.15, 0.2) is 65.7 Å². The molecule has 5 heteroatoms. The maximum absolute atomic E-state index is 11.9. The number of benzene rings is 2. The number of carbonyl (C=O) groups is 1. The lowest BCUT2D eigenvalue weighted by Gasteiger charge is -2.05. The summed E-state index contributed by atoms with van der Waals surface area (Å²) >= 11 is 6.38. The highest BCUT2D eigenvalue weighted by atomic mass is 32.2. The molecule has 0 bridgehead atoms. The summed E-state index contributed by atoms with van der Waals surface area (Å²) in [6.07, 6.45) is 4.02. The molecule has 0 radical (unpaired) electrons. The fourth-order valence-corrected chi connectivity index (χ4v) is 3.90. The lowest BCUT2D eigenvalue weighted by Crippen LogP contribution is -2.17. The molecule has 24 heavy (non-hydrogen) atoms. The summed E-state index contributed by atoms with van der Waals surface area (Å²) in [5.41, 5.74) is 3.43. The van der Waals surface area contributed by atoms with Crippen LogP contribution < -0.4 is 5.32 Å². The topological polar surface area (TPSA) is 34.0 Å². The SMILES string of the molecule is O=C1NC(=S)SC1=Cc1cn(Cc2ccccc2)c2ccccc12. The van der Waals surface area contributed by atoms with Crippen LogP contribution in [0.5, 0.6) is 0 Å². The van der Waals surface area contributed by atoms with Crippen molar-refractivity contribution in [2.24, 2.45) is 0 Å². The highest BCUT2D eigenvalue weighted by Crippen LogP contribution is 2.30. The molecule has 1 aliphatic rings. The van der Waals surface area contributed by atoms with Crippen molar-refractivity contribution >= 4 is 51.2 Å². The minimum Gasteiger partial charge on any atom is -0.342 e. The van der Waals surface area contributed by atoms with Gasteiger partial charge in [-0.3, -0.25) is 4.79 Å². The summed E-state index contributed by atoms with van der Waals surface area (Å²) in [5.74, 6) is -0.120. The average Bonchev–Trinajstić information content (AvgIpc) is 3.09. The third-order valence-electron chi connectivity index (χ3n) is 3.94. The van der Waals surface area contributed by atoms with Gasteiger partial charge in [-0.15, -0.1) is 0 Å². The third kappa shape index (κ3) is 2.88. The van der Waals surface area contributed by atoms with E-state index < -0.39 is 0 Å². The molecule has 118 valence electrons. The summed E-state index contributed by atoms with van der Waals surface area (Å²) in [6.45, 7) is 0.794. The van der Waals surface area contributed by atoms with Crippen LogP contribution in [0.25, 0.3) is 17.0 Å². The van der Waals surface area contributed by atoms with Crippen molar-refractivity contribution in [2.75, 3.05) is 0 Å². The molecule has 1 aliphatic heterocycles. The van der Waals surface area contributed by atoms with E-state index in [0.717, 1.165) is 23.0 Å². The molecule has 1 aromatic heterocycles. The summed E-state index contributed by atoms with van der Waals surface area (Å²) in [6, 6.07) is 18.6. The molecule has 4 rings (SSSR count). The molecule has 0 unspecified atom stereocenters. The number of amides is 1. The number of fused-ring (bicyclic) bond motifs is 1. The maximum atomic E-state index is 11.9. The molecule has 1 amide bonds. The molecular formula is C19H14N2OS2. The summed E-state index contributed by atoms with van der Waals surface area (Å²) in [4.78, 5) is 12.6. The predicted octanol–water partition coefficient (Wildman–Crippen LogP) is 4.18. The Labute approximate surface area is 149 Å². The van der Waals surface area contributed by atoms with Crippen molar-refractivity contribution in [1.29, 1.82) is 0 Å². The van der Waals surface area contributed by atoms with E-state index in [9.17, 15) is 4.79 Å². The van der Waals surface area contributed by atoms with E-state index in [0.29, 0.717) is 9.23 Å². The zero-order valence-electron chi connectivity index (χ0n) is 12.7. The molecule has 3 nitrogen and oxygen atoms in total. The summed E-state index contributed by atoms with van der Waals surface area (Å²) < 4.78 is 2.73. The fraction of sp³-hybridized carbons (Fsp3) is 0.0526. The van der Waals surface area contributed by atoms with Crippen LogP contribution in [0.2, 0.25) is 0 Å². The lowest BCUT2D eigenvalue weighted by molar-refractivity contribution is -0.115. The van der Waals surface area contributed by atoms with Crippen LogP contribution in [-0.4, -0.2) is 14.8 Å². The quantitative estimate of drug-likeness (QED) is 0.568. The second-order valence-corrected chi connectivity index (χ2v) is 7.29. The molecule has 0 saturated carbocycles. The summed E-state index contributed by atoms with van der Waals surface area (Å²) in [5, 5.41) is 3.79. The van der Waals surface area contributed by atoms with Gasteiger partial charge in [-0.25, -0.2) is 0 Å². The molecule has 2 aromatic carbocycles. The second kappa shape index (κ2) is 6.26. The Bertz CT molecular complexity index is 973. The highest BCUT2D eigenvalue weighted by molar-refractivity contribution is 8.26. The van der Waals surface area contributed by atoms with Gasteiger partial charge in [-0.2, -0.15) is 0 Å². The molecule has 0 atom stereocenters. The van der Waals surface area contributed by atoms with Crippen LogP contribution in [0, 0.1) is 0 Å². The van der Waals surface area contributed by atoms with Crippen molar-refractivity contribution in [3.63, 3.8) is 0 Å². The van der Waals surface area contributed by atoms with E-state index in [-0.39, 0.29) is 5.91 Å². The van der Waals surface area contributed by atoms with E-state index in [4.69, 9.17) is 12.2 Å². The molecule has 1 saturated heterocycles. The smallest absolute Gasteiger partial charge is 0.263 e. The largest absolute Gasteiger partial charge is 0.342 e. The second-order valence-electron chi connectivity index (χ2n) is 5.57. The van der Waals surface area contributed by atoms with Crippen LogP contribution in [0.4, 0.5) is 0 Å². The van der Waals surface area contributed by atoms with Gasteiger partial charge in [-0.1, -0.05) is 72.5 Å². The first kappa shape index (κ1) is 15.2. The van der Waals surface area contributed by atoms with Gasteiger partial charge in [-0.05, 0) is 17.7 Å². The van der Waals surface area contributed by atoms with Gasteiger partial charge < -0.3 is 9.88 Å². The van der Waals surface area contributed by atoms with Crippen molar-refractivity contribution in [3.05, 3.63) is 76.8 Å². The fourth-order valence-electron chi connectivity index (χ4n) is 2.86. The Kier molecular flexibility index (Phi) is 3.96. The van der Waals surface area contributed by atoms with Crippen molar-refractivity contribution < 1.29 is 4.79 Å². The Balaban J connectivity index is 1.78. The Hall–Kier alpha value is -2.37. The molecular weight excluding hydrogens is 336 g/mol. The van der Waals surface area contributed by atoms with Gasteiger partial charge in [0, 0.05) is 29.2 Å². The number of hydrogen-bond acceptors (Lipinski definition) is 3. The zero-order valence-corrected chi connectivity index (χ0v) is 14.4. The number of carbonyl (C=O) groups excluding carboxylic acids is 1. The van der Waals surface area contributed by atoms with Crippen LogP contribution in [0.3, 0.4) is 0 Å².